The summed E-state index contributed by atoms with van der Waals surface area (Å²) in [4.78, 5) is 0. The van der Waals surface area contributed by atoms with Crippen molar-refractivity contribution in [3.05, 3.63) is 42.0 Å². The van der Waals surface area contributed by atoms with Gasteiger partial charge in [0.15, 0.2) is 0 Å². The van der Waals surface area contributed by atoms with E-state index in [1.165, 1.54) is 24.3 Å². The third-order valence-corrected chi connectivity index (χ3v) is 1.64. The van der Waals surface area contributed by atoms with Crippen LogP contribution in [0.25, 0.3) is 0 Å². The Morgan fingerprint density at radius 2 is 2.15 bits per heavy atom. The summed E-state index contributed by atoms with van der Waals surface area (Å²) >= 11 is 0. The molecule has 70 valence electrons. The Morgan fingerprint density at radius 3 is 2.77 bits per heavy atom. The lowest BCUT2D eigenvalue weighted by Gasteiger charge is -2.05. The number of phenolic OH excluding ortho intramolecular Hbond substituents is 1. The monoisotopic (exact) mass is 180 g/mol. The van der Waals surface area contributed by atoms with Crippen molar-refractivity contribution in [2.45, 2.75) is 6.10 Å². The molecule has 0 heterocycles. The lowest BCUT2D eigenvalue weighted by Crippen LogP contribution is -1.92. The zero-order valence-electron chi connectivity index (χ0n) is 7.09. The predicted octanol–water partition coefficient (Wildman–Crippen LogP) is 0.974. The molecule has 1 atom stereocenters. The second-order valence-corrected chi connectivity index (χ2v) is 2.65. The van der Waals surface area contributed by atoms with Gasteiger partial charge in [-0.1, -0.05) is 24.3 Å². The maximum atomic E-state index is 9.47. The summed E-state index contributed by atoms with van der Waals surface area (Å²) < 4.78 is 0. The quantitative estimate of drug-likeness (QED) is 0.607. The van der Waals surface area contributed by atoms with Crippen molar-refractivity contribution in [1.82, 2.24) is 0 Å². The van der Waals surface area contributed by atoms with Gasteiger partial charge in [-0.25, -0.2) is 0 Å². The van der Waals surface area contributed by atoms with Gasteiger partial charge in [-0.15, -0.1) is 0 Å². The van der Waals surface area contributed by atoms with Crippen LogP contribution in [-0.4, -0.2) is 21.9 Å². The first kappa shape index (κ1) is 9.77. The van der Waals surface area contributed by atoms with Crippen molar-refractivity contribution >= 4 is 0 Å². The van der Waals surface area contributed by atoms with Gasteiger partial charge in [0.25, 0.3) is 0 Å². The Kier molecular flexibility index (Phi) is 3.49. The number of aromatic hydroxyl groups is 1. The lowest BCUT2D eigenvalue weighted by atomic mass is 10.1. The Labute approximate surface area is 76.6 Å². The molecule has 0 spiro atoms. The molecule has 0 aliphatic heterocycles. The van der Waals surface area contributed by atoms with Crippen molar-refractivity contribution in [1.29, 1.82) is 0 Å². The molecule has 0 amide bonds. The number of phenols is 1. The molecule has 3 heteroatoms. The minimum Gasteiger partial charge on any atom is -0.508 e. The van der Waals surface area contributed by atoms with Crippen LogP contribution in [0, 0.1) is 0 Å². The second-order valence-electron chi connectivity index (χ2n) is 2.65. The van der Waals surface area contributed by atoms with E-state index in [0.29, 0.717) is 5.56 Å². The smallest absolute Gasteiger partial charge is 0.115 e. The van der Waals surface area contributed by atoms with Gasteiger partial charge >= 0.3 is 0 Å². The molecule has 1 aromatic carbocycles. The minimum absolute atomic E-state index is 0.101. The van der Waals surface area contributed by atoms with Gasteiger partial charge in [0, 0.05) is 0 Å². The molecule has 0 saturated heterocycles. The number of aliphatic hydroxyl groups is 2. The highest BCUT2D eigenvalue weighted by atomic mass is 16.3. The fourth-order valence-corrected chi connectivity index (χ4v) is 1.01. The van der Waals surface area contributed by atoms with Crippen molar-refractivity contribution in [3.63, 3.8) is 0 Å². The Morgan fingerprint density at radius 1 is 1.38 bits per heavy atom. The van der Waals surface area contributed by atoms with Crippen LogP contribution in [0.4, 0.5) is 0 Å². The number of hydrogen-bond donors (Lipinski definition) is 3. The van der Waals surface area contributed by atoms with E-state index in [2.05, 4.69) is 0 Å². The molecule has 0 bridgehead atoms. The van der Waals surface area contributed by atoms with E-state index in [4.69, 9.17) is 10.2 Å². The fourth-order valence-electron chi connectivity index (χ4n) is 1.01. The van der Waals surface area contributed by atoms with Gasteiger partial charge in [0.2, 0.25) is 0 Å². The van der Waals surface area contributed by atoms with Crippen LogP contribution in [0.15, 0.2) is 36.4 Å². The Bertz CT molecular complexity index is 294. The van der Waals surface area contributed by atoms with Crippen LogP contribution in [0.2, 0.25) is 0 Å². The van der Waals surface area contributed by atoms with Gasteiger partial charge < -0.3 is 15.3 Å². The van der Waals surface area contributed by atoms with E-state index in [0.717, 1.165) is 0 Å². The number of hydrogen-bond acceptors (Lipinski definition) is 3. The van der Waals surface area contributed by atoms with Crippen molar-refractivity contribution in [3.8, 4) is 5.75 Å². The van der Waals surface area contributed by atoms with Crippen LogP contribution < -0.4 is 0 Å². The normalized spacial score (nSPS) is 13.4. The highest BCUT2D eigenvalue weighted by Gasteiger charge is 2.02. The molecule has 1 rings (SSSR count). The molecule has 0 aromatic heterocycles. The standard InChI is InChI=1S/C10H12O3/c11-6-2-5-10(13)8-3-1-4-9(12)7-8/h1-5,7,10-13H,6H2. The minimum atomic E-state index is -0.778. The van der Waals surface area contributed by atoms with E-state index in [1.54, 1.807) is 12.1 Å². The molecule has 0 fully saturated rings. The van der Waals surface area contributed by atoms with E-state index in [9.17, 15) is 5.11 Å². The zero-order chi connectivity index (χ0) is 9.68. The van der Waals surface area contributed by atoms with Crippen molar-refractivity contribution in [2.75, 3.05) is 6.61 Å². The molecule has 1 unspecified atom stereocenters. The first-order valence-electron chi connectivity index (χ1n) is 3.98. The third-order valence-electron chi connectivity index (χ3n) is 1.64. The third kappa shape index (κ3) is 2.89. The average Bonchev–Trinajstić information content (AvgIpc) is 2.14. The van der Waals surface area contributed by atoms with Crippen LogP contribution in [0.3, 0.4) is 0 Å². The van der Waals surface area contributed by atoms with Gasteiger partial charge in [0.05, 0.1) is 12.7 Å². The van der Waals surface area contributed by atoms with Gasteiger partial charge in [-0.05, 0) is 17.7 Å². The molecule has 3 N–H and O–H groups in total. The largest absolute Gasteiger partial charge is 0.508 e. The summed E-state index contributed by atoms with van der Waals surface area (Å²) in [7, 11) is 0. The predicted molar refractivity (Wildman–Crippen MR) is 49.3 cm³/mol. The van der Waals surface area contributed by atoms with E-state index >= 15 is 0 Å². The zero-order valence-corrected chi connectivity index (χ0v) is 7.09. The number of benzene rings is 1. The highest BCUT2D eigenvalue weighted by Crippen LogP contribution is 2.18. The van der Waals surface area contributed by atoms with Crippen molar-refractivity contribution in [2.24, 2.45) is 0 Å². The molecule has 0 radical (unpaired) electrons. The molecule has 13 heavy (non-hydrogen) atoms. The molecule has 1 aromatic rings. The van der Waals surface area contributed by atoms with Crippen LogP contribution in [-0.2, 0) is 0 Å². The first-order chi connectivity index (χ1) is 6.24. The van der Waals surface area contributed by atoms with Crippen LogP contribution >= 0.6 is 0 Å². The van der Waals surface area contributed by atoms with Gasteiger partial charge in [-0.2, -0.15) is 0 Å². The highest BCUT2D eigenvalue weighted by molar-refractivity contribution is 5.30. The topological polar surface area (TPSA) is 60.7 Å². The first-order valence-corrected chi connectivity index (χ1v) is 3.98. The lowest BCUT2D eigenvalue weighted by molar-refractivity contribution is 0.226. The summed E-state index contributed by atoms with van der Waals surface area (Å²) in [6.07, 6.45) is 2.14. The maximum Gasteiger partial charge on any atom is 0.115 e. The maximum absolute atomic E-state index is 9.47. The number of aliphatic hydroxyl groups excluding tert-OH is 2. The van der Waals surface area contributed by atoms with Crippen molar-refractivity contribution < 1.29 is 15.3 Å². The number of rotatable bonds is 3. The molecule has 0 saturated carbocycles. The van der Waals surface area contributed by atoms with E-state index < -0.39 is 6.10 Å². The molecular weight excluding hydrogens is 168 g/mol. The van der Waals surface area contributed by atoms with Crippen LogP contribution in [0.5, 0.6) is 5.75 Å². The summed E-state index contributed by atoms with van der Waals surface area (Å²) in [5.41, 5.74) is 0.602. The van der Waals surface area contributed by atoms with Crippen LogP contribution in [0.1, 0.15) is 11.7 Å². The Balaban J connectivity index is 2.76. The Hall–Kier alpha value is -1.32. The van der Waals surface area contributed by atoms with Gasteiger partial charge in [0.1, 0.15) is 5.75 Å². The summed E-state index contributed by atoms with van der Waals surface area (Å²) in [6, 6.07) is 6.37. The molecule has 0 aliphatic carbocycles. The molecular formula is C10H12O3. The second kappa shape index (κ2) is 4.64. The fraction of sp³-hybridized carbons (Fsp3) is 0.200. The SMILES string of the molecule is OCC=CC(O)c1cccc(O)c1. The average molecular weight is 180 g/mol. The van der Waals surface area contributed by atoms with E-state index in [-0.39, 0.29) is 12.4 Å². The summed E-state index contributed by atoms with van der Waals surface area (Å²) in [6.45, 7) is -0.101. The molecule has 0 aliphatic rings. The summed E-state index contributed by atoms with van der Waals surface area (Å²) in [5, 5.41) is 27.0. The molecule has 3 nitrogen and oxygen atoms in total. The summed E-state index contributed by atoms with van der Waals surface area (Å²) in [5.74, 6) is 0.119. The van der Waals surface area contributed by atoms with E-state index in [1.807, 2.05) is 0 Å². The van der Waals surface area contributed by atoms with Gasteiger partial charge in [-0.3, -0.25) is 0 Å².